The van der Waals surface area contributed by atoms with Crippen molar-refractivity contribution in [2.45, 2.75) is 24.8 Å². The van der Waals surface area contributed by atoms with Crippen LogP contribution in [0, 0.1) is 0 Å². The quantitative estimate of drug-likeness (QED) is 0.765. The van der Waals surface area contributed by atoms with E-state index in [4.69, 9.17) is 4.74 Å². The second-order valence-corrected chi connectivity index (χ2v) is 4.68. The van der Waals surface area contributed by atoms with Crippen molar-refractivity contribution in [3.8, 4) is 0 Å². The number of ether oxygens (including phenoxy) is 1. The van der Waals surface area contributed by atoms with Crippen molar-refractivity contribution in [2.75, 3.05) is 13.2 Å². The van der Waals surface area contributed by atoms with Crippen LogP contribution in [0.25, 0.3) is 0 Å². The van der Waals surface area contributed by atoms with Crippen LogP contribution in [-0.2, 0) is 27.8 Å². The molecule has 0 spiro atoms. The first-order valence-corrected chi connectivity index (χ1v) is 6.12. The molecule has 19 heavy (non-hydrogen) atoms. The topological polar surface area (TPSA) is 93.5 Å². The Kier molecular flexibility index (Phi) is 3.84. The third kappa shape index (κ3) is 2.93. The molecule has 0 aliphatic carbocycles. The molecular weight excluding hydrogens is 250 g/mol. The number of amides is 1. The van der Waals surface area contributed by atoms with Crippen molar-refractivity contribution in [2.24, 2.45) is 7.05 Å². The van der Waals surface area contributed by atoms with Crippen molar-refractivity contribution in [3.05, 3.63) is 18.0 Å². The highest BCUT2D eigenvalue weighted by atomic mass is 16.5. The molecule has 1 aromatic heterocycles. The van der Waals surface area contributed by atoms with Gasteiger partial charge in [0, 0.05) is 38.4 Å². The molecule has 1 amide bonds. The van der Waals surface area contributed by atoms with Gasteiger partial charge in [0.2, 0.25) is 5.91 Å². The number of nitrogens with one attached hydrogen (secondary N) is 1. The lowest BCUT2D eigenvalue weighted by Gasteiger charge is -2.23. The SMILES string of the molecule is Cn1nccc1CCC(=O)NC1(C(=O)O)CCOC1. The Morgan fingerprint density at radius 1 is 1.63 bits per heavy atom. The summed E-state index contributed by atoms with van der Waals surface area (Å²) in [6, 6.07) is 1.83. The smallest absolute Gasteiger partial charge is 0.331 e. The molecule has 2 N–H and O–H groups in total. The number of aryl methyl sites for hydroxylation is 2. The zero-order valence-electron chi connectivity index (χ0n) is 10.8. The Morgan fingerprint density at radius 3 is 2.95 bits per heavy atom. The third-order valence-corrected chi connectivity index (χ3v) is 3.34. The number of carboxylic acid groups (broad SMARTS) is 1. The second kappa shape index (κ2) is 5.40. The van der Waals surface area contributed by atoms with Crippen LogP contribution in [0.4, 0.5) is 0 Å². The number of hydrogen-bond acceptors (Lipinski definition) is 4. The zero-order chi connectivity index (χ0) is 13.9. The molecule has 2 rings (SSSR count). The van der Waals surface area contributed by atoms with Gasteiger partial charge in [0.25, 0.3) is 0 Å². The van der Waals surface area contributed by atoms with Crippen molar-refractivity contribution < 1.29 is 19.4 Å². The van der Waals surface area contributed by atoms with Gasteiger partial charge in [0.15, 0.2) is 5.54 Å². The molecule has 0 radical (unpaired) electrons. The van der Waals surface area contributed by atoms with Gasteiger partial charge in [0.1, 0.15) is 0 Å². The highest BCUT2D eigenvalue weighted by molar-refractivity contribution is 5.87. The molecule has 7 heteroatoms. The van der Waals surface area contributed by atoms with E-state index < -0.39 is 11.5 Å². The highest BCUT2D eigenvalue weighted by Crippen LogP contribution is 2.19. The fourth-order valence-electron chi connectivity index (χ4n) is 2.10. The van der Waals surface area contributed by atoms with Gasteiger partial charge in [-0.25, -0.2) is 4.79 Å². The van der Waals surface area contributed by atoms with Gasteiger partial charge in [-0.1, -0.05) is 0 Å². The number of nitrogens with zero attached hydrogens (tertiary/aromatic N) is 2. The van der Waals surface area contributed by atoms with E-state index in [9.17, 15) is 14.7 Å². The highest BCUT2D eigenvalue weighted by Gasteiger charge is 2.43. The van der Waals surface area contributed by atoms with Crippen molar-refractivity contribution in [1.29, 1.82) is 0 Å². The second-order valence-electron chi connectivity index (χ2n) is 4.68. The van der Waals surface area contributed by atoms with Crippen LogP contribution < -0.4 is 5.32 Å². The molecule has 0 bridgehead atoms. The Balaban J connectivity index is 1.90. The summed E-state index contributed by atoms with van der Waals surface area (Å²) in [4.78, 5) is 23.1. The van der Waals surface area contributed by atoms with E-state index in [1.165, 1.54) is 0 Å². The minimum atomic E-state index is -1.26. The van der Waals surface area contributed by atoms with Crippen molar-refractivity contribution in [3.63, 3.8) is 0 Å². The Bertz CT molecular complexity index is 477. The van der Waals surface area contributed by atoms with Crippen LogP contribution in [0.5, 0.6) is 0 Å². The number of carboxylic acids is 1. The van der Waals surface area contributed by atoms with Crippen LogP contribution in [0.2, 0.25) is 0 Å². The first-order valence-electron chi connectivity index (χ1n) is 6.12. The summed E-state index contributed by atoms with van der Waals surface area (Å²) in [6.07, 6.45) is 2.73. The average molecular weight is 267 g/mol. The molecule has 1 fully saturated rings. The standard InChI is InChI=1S/C12H17N3O4/c1-15-9(4-6-13-15)2-3-10(16)14-12(11(17)18)5-7-19-8-12/h4,6H,2-3,5,7-8H2,1H3,(H,14,16)(H,17,18). The van der Waals surface area contributed by atoms with E-state index in [-0.39, 0.29) is 18.9 Å². The first kappa shape index (κ1) is 13.5. The largest absolute Gasteiger partial charge is 0.479 e. The monoisotopic (exact) mass is 267 g/mol. The summed E-state index contributed by atoms with van der Waals surface area (Å²) >= 11 is 0. The number of hydrogen-bond donors (Lipinski definition) is 2. The van der Waals surface area contributed by atoms with E-state index in [2.05, 4.69) is 10.4 Å². The molecule has 1 saturated heterocycles. The predicted octanol–water partition coefficient (Wildman–Crippen LogP) is -0.287. The summed E-state index contributed by atoms with van der Waals surface area (Å²) in [5, 5.41) is 15.8. The molecule has 2 heterocycles. The zero-order valence-corrected chi connectivity index (χ0v) is 10.8. The summed E-state index contributed by atoms with van der Waals surface area (Å²) < 4.78 is 6.78. The lowest BCUT2D eigenvalue weighted by molar-refractivity contribution is -0.147. The first-order chi connectivity index (χ1) is 9.03. The lowest BCUT2D eigenvalue weighted by atomic mass is 9.98. The van der Waals surface area contributed by atoms with Crippen LogP contribution >= 0.6 is 0 Å². The normalized spacial score (nSPS) is 22.4. The van der Waals surface area contributed by atoms with Crippen LogP contribution in [0.15, 0.2) is 12.3 Å². The fraction of sp³-hybridized carbons (Fsp3) is 0.583. The van der Waals surface area contributed by atoms with Crippen molar-refractivity contribution >= 4 is 11.9 Å². The predicted molar refractivity (Wildman–Crippen MR) is 65.5 cm³/mol. The van der Waals surface area contributed by atoms with Gasteiger partial charge in [-0.3, -0.25) is 9.48 Å². The van der Waals surface area contributed by atoms with Gasteiger partial charge in [-0.05, 0) is 12.5 Å². The molecular formula is C12H17N3O4. The molecule has 0 aromatic carbocycles. The van der Waals surface area contributed by atoms with Crippen LogP contribution in [0.3, 0.4) is 0 Å². The van der Waals surface area contributed by atoms with Crippen molar-refractivity contribution in [1.82, 2.24) is 15.1 Å². The molecule has 1 aliphatic heterocycles. The van der Waals surface area contributed by atoms with Gasteiger partial charge < -0.3 is 15.2 Å². The van der Waals surface area contributed by atoms with Gasteiger partial charge in [0.05, 0.1) is 6.61 Å². The van der Waals surface area contributed by atoms with E-state index in [0.717, 1.165) is 5.69 Å². The fourth-order valence-corrected chi connectivity index (χ4v) is 2.10. The molecule has 104 valence electrons. The minimum absolute atomic E-state index is 0.0276. The lowest BCUT2D eigenvalue weighted by Crippen LogP contribution is -2.55. The summed E-state index contributed by atoms with van der Waals surface area (Å²) in [5.74, 6) is -1.33. The number of aliphatic carboxylic acids is 1. The maximum absolute atomic E-state index is 11.9. The number of carbonyl (C=O) groups excluding carboxylic acids is 1. The number of carbonyl (C=O) groups is 2. The van der Waals surface area contributed by atoms with E-state index in [1.54, 1.807) is 17.9 Å². The van der Waals surface area contributed by atoms with E-state index in [0.29, 0.717) is 19.4 Å². The molecule has 1 atom stereocenters. The minimum Gasteiger partial charge on any atom is -0.479 e. The molecule has 7 nitrogen and oxygen atoms in total. The third-order valence-electron chi connectivity index (χ3n) is 3.34. The van der Waals surface area contributed by atoms with Crippen LogP contribution in [0.1, 0.15) is 18.5 Å². The van der Waals surface area contributed by atoms with E-state index in [1.807, 2.05) is 6.07 Å². The number of aromatic nitrogens is 2. The van der Waals surface area contributed by atoms with Gasteiger partial charge in [-0.15, -0.1) is 0 Å². The number of rotatable bonds is 5. The van der Waals surface area contributed by atoms with E-state index >= 15 is 0 Å². The van der Waals surface area contributed by atoms with Gasteiger partial charge in [-0.2, -0.15) is 5.10 Å². The molecule has 1 aromatic rings. The average Bonchev–Trinajstić information content (AvgIpc) is 2.97. The molecule has 1 unspecified atom stereocenters. The maximum Gasteiger partial charge on any atom is 0.331 e. The molecule has 1 aliphatic rings. The van der Waals surface area contributed by atoms with Crippen LogP contribution in [-0.4, -0.2) is 45.5 Å². The summed E-state index contributed by atoms with van der Waals surface area (Å²) in [7, 11) is 1.80. The summed E-state index contributed by atoms with van der Waals surface area (Å²) in [5.41, 5.74) is -0.328. The Hall–Kier alpha value is -1.89. The summed E-state index contributed by atoms with van der Waals surface area (Å²) in [6.45, 7) is 0.383. The Labute approximate surface area is 110 Å². The maximum atomic E-state index is 11.9. The molecule has 0 saturated carbocycles. The van der Waals surface area contributed by atoms with Gasteiger partial charge >= 0.3 is 5.97 Å². The Morgan fingerprint density at radius 2 is 2.42 bits per heavy atom.